The summed E-state index contributed by atoms with van der Waals surface area (Å²) in [6.07, 6.45) is 7.97. The van der Waals surface area contributed by atoms with Gasteiger partial charge in [-0.05, 0) is 91.9 Å². The lowest BCUT2D eigenvalue weighted by Crippen LogP contribution is -2.32. The Morgan fingerprint density at radius 2 is 1.02 bits per heavy atom. The van der Waals surface area contributed by atoms with Crippen LogP contribution in [0, 0.1) is 0 Å². The van der Waals surface area contributed by atoms with Crippen LogP contribution in [0.15, 0.2) is 104 Å². The maximum absolute atomic E-state index is 13.1. The molecule has 3 aliphatic rings. The Hall–Kier alpha value is -6.11. The van der Waals surface area contributed by atoms with Gasteiger partial charge in [0.25, 0.3) is 62.4 Å². The SMILES string of the molecule is COCCOCCOCCOCCC1(C)\C(=C/C=C/C=C/C2=[N+](CCOC)c3ccc4c(S(=O)(=O)O)cc(S(=O)(=O)O)cc4c3C2(C)CCCS(=O)(=O)O)N(CCOCCOCCOCCOCCC(=O)ON2C(=O)CCC2=O)c2ccc3c(S(=O)(=O)O)cc(S(=O)(=O)O)cc3c21. The van der Waals surface area contributed by atoms with E-state index in [1.165, 1.54) is 19.2 Å². The third kappa shape index (κ3) is 20.5. The molecule has 0 saturated carbocycles. The number of rotatable bonds is 42. The molecule has 7 rings (SSSR count). The van der Waals surface area contributed by atoms with Crippen LogP contribution in [-0.2, 0) is 123 Å². The molecule has 1 fully saturated rings. The number of carbonyl (C=O) groups is 3. The summed E-state index contributed by atoms with van der Waals surface area (Å²) in [7, 11) is -22.1. The summed E-state index contributed by atoms with van der Waals surface area (Å²) in [4.78, 5) is 38.7. The number of hydrogen-bond donors (Lipinski definition) is 5. The van der Waals surface area contributed by atoms with E-state index in [1.54, 1.807) is 61.1 Å². The average molecular weight is 1460 g/mol. The van der Waals surface area contributed by atoms with Gasteiger partial charge in [-0.3, -0.25) is 32.4 Å². The molecular weight excluding hydrogens is 1380 g/mol. The van der Waals surface area contributed by atoms with Crippen LogP contribution in [-0.4, -0.2) is 237 Å². The third-order valence-electron chi connectivity index (χ3n) is 16.1. The van der Waals surface area contributed by atoms with Crippen molar-refractivity contribution >= 4 is 107 Å². The Morgan fingerprint density at radius 3 is 1.53 bits per heavy atom. The number of hydrogen-bond acceptors (Lipinski definition) is 24. The molecule has 3 heterocycles. The van der Waals surface area contributed by atoms with Crippen molar-refractivity contribution < 1.29 is 131 Å². The number of anilines is 1. The first-order valence-electron chi connectivity index (χ1n) is 30.4. The minimum atomic E-state index is -5.15. The van der Waals surface area contributed by atoms with E-state index in [9.17, 15) is 79.2 Å². The van der Waals surface area contributed by atoms with E-state index in [0.29, 0.717) is 65.4 Å². The van der Waals surface area contributed by atoms with Crippen LogP contribution in [0.1, 0.15) is 63.5 Å². The van der Waals surface area contributed by atoms with Crippen LogP contribution < -0.4 is 4.90 Å². The Bertz CT molecular complexity index is 4240. The molecule has 1 saturated heterocycles. The van der Waals surface area contributed by atoms with E-state index in [2.05, 4.69) is 0 Å². The van der Waals surface area contributed by atoms with E-state index in [-0.39, 0.29) is 165 Å². The second-order valence-electron chi connectivity index (χ2n) is 22.7. The van der Waals surface area contributed by atoms with Crippen molar-refractivity contribution in [2.75, 3.05) is 144 Å². The molecule has 0 radical (unpaired) electrons. The predicted molar refractivity (Wildman–Crippen MR) is 347 cm³/mol. The lowest BCUT2D eigenvalue weighted by atomic mass is 9.74. The molecule has 5 N–H and O–H groups in total. The number of hydroxylamine groups is 2. The van der Waals surface area contributed by atoms with Gasteiger partial charge in [0, 0.05) is 85.5 Å². The van der Waals surface area contributed by atoms with Gasteiger partial charge in [-0.25, -0.2) is 4.79 Å². The first-order chi connectivity index (χ1) is 45.8. The molecule has 31 nitrogen and oxygen atoms in total. The number of benzene rings is 4. The normalized spacial score (nSPS) is 18.4. The van der Waals surface area contributed by atoms with E-state index in [0.717, 1.165) is 12.1 Å². The number of methoxy groups -OCH3 is 2. The Kier molecular flexibility index (Phi) is 27.7. The van der Waals surface area contributed by atoms with Crippen molar-refractivity contribution in [3.63, 3.8) is 0 Å². The molecule has 4 aromatic rings. The fourth-order valence-corrected chi connectivity index (χ4v) is 14.9. The maximum atomic E-state index is 13.1. The first-order valence-corrected chi connectivity index (χ1v) is 37.8. The molecule has 0 bridgehead atoms. The number of imide groups is 1. The summed E-state index contributed by atoms with van der Waals surface area (Å²) in [6, 6.07) is 9.32. The molecule has 536 valence electrons. The predicted octanol–water partition coefficient (Wildman–Crippen LogP) is 4.57. The summed E-state index contributed by atoms with van der Waals surface area (Å²) in [5.41, 5.74) is -0.101. The van der Waals surface area contributed by atoms with Gasteiger partial charge in [0.05, 0.1) is 120 Å². The van der Waals surface area contributed by atoms with Gasteiger partial charge in [0.15, 0.2) is 12.3 Å². The van der Waals surface area contributed by atoms with E-state index in [4.69, 9.17) is 47.5 Å². The van der Waals surface area contributed by atoms with E-state index < -0.39 is 105 Å². The molecular formula is C61H80N3O28S5+. The number of amides is 2. The Balaban J connectivity index is 1.20. The molecule has 0 aromatic heterocycles. The van der Waals surface area contributed by atoms with Crippen molar-refractivity contribution in [3.05, 3.63) is 95.7 Å². The highest BCUT2D eigenvalue weighted by atomic mass is 32.2. The van der Waals surface area contributed by atoms with Gasteiger partial charge in [0.2, 0.25) is 5.69 Å². The number of carbonyl (C=O) groups excluding carboxylic acids is 3. The van der Waals surface area contributed by atoms with Crippen LogP contribution in [0.2, 0.25) is 0 Å². The van der Waals surface area contributed by atoms with Crippen LogP contribution in [0.4, 0.5) is 11.4 Å². The lowest BCUT2D eigenvalue weighted by Gasteiger charge is -2.31. The molecule has 3 aliphatic heterocycles. The zero-order chi connectivity index (χ0) is 71.0. The van der Waals surface area contributed by atoms with Gasteiger partial charge < -0.3 is 52.4 Å². The highest BCUT2D eigenvalue weighted by Gasteiger charge is 2.50. The molecule has 2 amide bonds. The van der Waals surface area contributed by atoms with Crippen molar-refractivity contribution in [3.8, 4) is 0 Å². The zero-order valence-electron chi connectivity index (χ0n) is 53.7. The minimum Gasteiger partial charge on any atom is -0.382 e. The summed E-state index contributed by atoms with van der Waals surface area (Å²) in [5.74, 6) is -2.69. The largest absolute Gasteiger partial charge is 0.382 e. The highest BCUT2D eigenvalue weighted by Crippen LogP contribution is 2.54. The van der Waals surface area contributed by atoms with Gasteiger partial charge in [-0.15, -0.1) is 5.06 Å². The molecule has 4 aromatic carbocycles. The number of fused-ring (bicyclic) bond motifs is 6. The standard InChI is InChI=1S/C61H79N3O28S5/c1-60(18-8-38-93(68,69)70)53(62(20-24-83-3)49-13-11-45-47(58(49)60)39-43(94(71,72)73)41-51(45)96(77,78)79)9-6-5-7-10-54-61(2,19-23-86-29-32-90-35-34-88-27-26-84-4)59-48-40-44(95(74,75)76)42-52(97(80,81)82)46(48)12-14-50(59)63(54)21-25-87-30-33-91-37-36-89-31-28-85-22-17-57(67)92-64-55(65)15-16-56(64)66/h5-7,9-14,39-42H,8,15-38H2,1-4H3,(H4-,68,69,70,71,72,73,74,75,76,77,78,79,80,81,82)/p+1. The van der Waals surface area contributed by atoms with Crippen molar-refractivity contribution in [2.45, 2.75) is 82.8 Å². The zero-order valence-corrected chi connectivity index (χ0v) is 57.8. The maximum Gasteiger partial charge on any atom is 0.335 e. The monoisotopic (exact) mass is 1460 g/mol. The lowest BCUT2D eigenvalue weighted by molar-refractivity contribution is -0.441. The van der Waals surface area contributed by atoms with Crippen molar-refractivity contribution in [2.24, 2.45) is 0 Å². The summed E-state index contributed by atoms with van der Waals surface area (Å²) in [5, 5.41) is 0.258. The minimum absolute atomic E-state index is 0.0289. The number of nitrogens with zero attached hydrogens (tertiary/aromatic N) is 3. The molecule has 2 unspecified atom stereocenters. The molecule has 97 heavy (non-hydrogen) atoms. The Morgan fingerprint density at radius 1 is 0.536 bits per heavy atom. The second-order valence-corrected chi connectivity index (χ2v) is 29.9. The smallest absolute Gasteiger partial charge is 0.335 e. The number of allylic oxidation sites excluding steroid dienone is 6. The summed E-state index contributed by atoms with van der Waals surface area (Å²) < 4.78 is 231. The van der Waals surface area contributed by atoms with Gasteiger partial charge in [-0.1, -0.05) is 24.3 Å². The summed E-state index contributed by atoms with van der Waals surface area (Å²) in [6.45, 7) is 6.31. The van der Waals surface area contributed by atoms with Gasteiger partial charge in [-0.2, -0.15) is 46.7 Å². The van der Waals surface area contributed by atoms with Gasteiger partial charge in [0.1, 0.15) is 16.4 Å². The van der Waals surface area contributed by atoms with Crippen LogP contribution >= 0.6 is 0 Å². The fraction of sp³-hybridized carbons (Fsp3) is 0.508. The average Bonchev–Trinajstić information content (AvgIpc) is 1.60. The molecule has 0 spiro atoms. The summed E-state index contributed by atoms with van der Waals surface area (Å²) >= 11 is 0. The molecule has 0 aliphatic carbocycles. The third-order valence-corrected chi connectivity index (χ3v) is 20.4. The fourth-order valence-electron chi connectivity index (χ4n) is 11.7. The second kappa shape index (κ2) is 34.3. The highest BCUT2D eigenvalue weighted by molar-refractivity contribution is 7.87. The topological polar surface area (TPSA) is 425 Å². The van der Waals surface area contributed by atoms with Crippen molar-refractivity contribution in [1.82, 2.24) is 5.06 Å². The molecule has 2 atom stereocenters. The number of ether oxygens (including phenoxy) is 9. The van der Waals surface area contributed by atoms with Crippen LogP contribution in [0.25, 0.3) is 21.5 Å². The first kappa shape index (κ1) is 78.2. The van der Waals surface area contributed by atoms with Crippen molar-refractivity contribution in [1.29, 1.82) is 0 Å². The van der Waals surface area contributed by atoms with E-state index >= 15 is 0 Å². The van der Waals surface area contributed by atoms with Crippen LogP contribution in [0.5, 0.6) is 0 Å². The van der Waals surface area contributed by atoms with Gasteiger partial charge >= 0.3 is 5.97 Å². The van der Waals surface area contributed by atoms with E-state index in [1.807, 2.05) is 11.8 Å². The quantitative estimate of drug-likeness (QED) is 0.0133. The van der Waals surface area contributed by atoms with Crippen LogP contribution in [0.3, 0.4) is 0 Å². The Labute approximate surface area is 562 Å². The molecule has 36 heteroatoms.